The van der Waals surface area contributed by atoms with Gasteiger partial charge in [0.1, 0.15) is 0 Å². The summed E-state index contributed by atoms with van der Waals surface area (Å²) in [7, 11) is -3.50. The van der Waals surface area contributed by atoms with Crippen molar-refractivity contribution in [2.45, 2.75) is 24.2 Å². The summed E-state index contributed by atoms with van der Waals surface area (Å²) >= 11 is 11.2. The van der Waals surface area contributed by atoms with Crippen LogP contribution in [0.1, 0.15) is 24.8 Å². The molecule has 0 unspecified atom stereocenters. The second kappa shape index (κ2) is 9.35. The highest BCUT2D eigenvalue weighted by Crippen LogP contribution is 2.25. The largest absolute Gasteiger partial charge is 0.361 e. The lowest BCUT2D eigenvalue weighted by Crippen LogP contribution is -2.35. The number of sulfonamides is 1. The van der Waals surface area contributed by atoms with Crippen molar-refractivity contribution in [3.63, 3.8) is 0 Å². The summed E-state index contributed by atoms with van der Waals surface area (Å²) in [4.78, 5) is 3.43. The van der Waals surface area contributed by atoms with E-state index in [1.807, 2.05) is 12.1 Å². The van der Waals surface area contributed by atoms with Crippen molar-refractivity contribution in [3.8, 4) is 0 Å². The first-order valence-electron chi connectivity index (χ1n) is 9.90. The van der Waals surface area contributed by atoms with Gasteiger partial charge < -0.3 is 10.3 Å². The fraction of sp³-hybridized carbons (Fsp3) is 0.238. The van der Waals surface area contributed by atoms with Crippen LogP contribution in [-0.4, -0.2) is 42.1 Å². The average molecular weight is 476 g/mol. The van der Waals surface area contributed by atoms with Crippen LogP contribution in [0.25, 0.3) is 10.9 Å². The summed E-state index contributed by atoms with van der Waals surface area (Å²) in [5.41, 5.74) is 5.09. The van der Waals surface area contributed by atoms with Crippen LogP contribution >= 0.6 is 23.8 Å². The Morgan fingerprint density at radius 2 is 1.97 bits per heavy atom. The van der Waals surface area contributed by atoms with Gasteiger partial charge in [0.2, 0.25) is 10.0 Å². The Morgan fingerprint density at radius 1 is 1.16 bits per heavy atom. The van der Waals surface area contributed by atoms with Gasteiger partial charge in [-0.15, -0.1) is 0 Å². The van der Waals surface area contributed by atoms with E-state index in [0.717, 1.165) is 41.4 Å². The fourth-order valence-electron chi connectivity index (χ4n) is 3.53. The van der Waals surface area contributed by atoms with Crippen molar-refractivity contribution < 1.29 is 8.42 Å². The maximum atomic E-state index is 13.0. The van der Waals surface area contributed by atoms with E-state index in [0.29, 0.717) is 28.1 Å². The summed E-state index contributed by atoms with van der Waals surface area (Å²) in [6, 6.07) is 12.3. The van der Waals surface area contributed by atoms with Crippen LogP contribution in [0, 0.1) is 0 Å². The van der Waals surface area contributed by atoms with Gasteiger partial charge in [-0.3, -0.25) is 5.43 Å². The molecule has 0 spiro atoms. The molecule has 0 aliphatic carbocycles. The molecule has 1 aliphatic heterocycles. The molecule has 7 nitrogen and oxygen atoms in total. The summed E-state index contributed by atoms with van der Waals surface area (Å²) in [5, 5.41) is 8.86. The van der Waals surface area contributed by atoms with Gasteiger partial charge in [0.15, 0.2) is 5.11 Å². The molecule has 0 amide bonds. The summed E-state index contributed by atoms with van der Waals surface area (Å²) in [6.07, 6.45) is 6.25. The number of hydrogen-bond donors (Lipinski definition) is 3. The van der Waals surface area contributed by atoms with Crippen LogP contribution in [-0.2, 0) is 10.0 Å². The lowest BCUT2D eigenvalue weighted by molar-refractivity contribution is 0.346. The second-order valence-corrected chi connectivity index (χ2v) is 10.0. The predicted molar refractivity (Wildman–Crippen MR) is 129 cm³/mol. The number of rotatable bonds is 5. The van der Waals surface area contributed by atoms with Gasteiger partial charge in [0, 0.05) is 46.5 Å². The number of halogens is 1. The van der Waals surface area contributed by atoms with Crippen LogP contribution in [0.2, 0.25) is 5.02 Å². The summed E-state index contributed by atoms with van der Waals surface area (Å²) < 4.78 is 27.6. The topological polar surface area (TPSA) is 89.6 Å². The maximum absolute atomic E-state index is 13.0. The number of benzene rings is 2. The zero-order chi connectivity index (χ0) is 21.8. The zero-order valence-electron chi connectivity index (χ0n) is 16.6. The molecule has 1 fully saturated rings. The van der Waals surface area contributed by atoms with E-state index in [1.165, 1.54) is 0 Å². The first kappa shape index (κ1) is 21.8. The standard InChI is InChI=1S/C21H22ClN5O2S2/c22-16-5-4-6-17(11-16)25-21(30)26-24-14-15-13-23-20-8-7-18(12-19(15)20)31(28,29)27-9-2-1-3-10-27/h4-8,11-14,23H,1-3,9-10H2,(H2,25,26,30)/b24-14-. The van der Waals surface area contributed by atoms with Crippen molar-refractivity contribution in [2.75, 3.05) is 18.4 Å². The van der Waals surface area contributed by atoms with Gasteiger partial charge in [-0.25, -0.2) is 8.42 Å². The Balaban J connectivity index is 1.49. The number of piperidine rings is 1. The molecule has 4 rings (SSSR count). The van der Waals surface area contributed by atoms with Crippen molar-refractivity contribution in [1.82, 2.24) is 14.7 Å². The molecule has 31 heavy (non-hydrogen) atoms. The number of H-pyrrole nitrogens is 1. The molecular weight excluding hydrogens is 454 g/mol. The lowest BCUT2D eigenvalue weighted by Gasteiger charge is -2.25. The van der Waals surface area contributed by atoms with Gasteiger partial charge in [-0.1, -0.05) is 24.1 Å². The smallest absolute Gasteiger partial charge is 0.243 e. The van der Waals surface area contributed by atoms with Crippen molar-refractivity contribution in [2.24, 2.45) is 5.10 Å². The monoisotopic (exact) mass is 475 g/mol. The molecule has 0 radical (unpaired) electrons. The first-order valence-corrected chi connectivity index (χ1v) is 12.1. The van der Waals surface area contributed by atoms with Gasteiger partial charge in [-0.2, -0.15) is 9.41 Å². The van der Waals surface area contributed by atoms with Crippen LogP contribution in [0.15, 0.2) is 58.7 Å². The Bertz CT molecular complexity index is 1230. The Morgan fingerprint density at radius 3 is 2.74 bits per heavy atom. The van der Waals surface area contributed by atoms with Crippen LogP contribution in [0.4, 0.5) is 5.69 Å². The number of hydrogen-bond acceptors (Lipinski definition) is 4. The number of nitrogens with zero attached hydrogens (tertiary/aromatic N) is 2. The highest BCUT2D eigenvalue weighted by atomic mass is 35.5. The molecular formula is C21H22ClN5O2S2. The van der Waals surface area contributed by atoms with E-state index < -0.39 is 10.0 Å². The van der Waals surface area contributed by atoms with Gasteiger partial charge in [-0.05, 0) is 61.5 Å². The van der Waals surface area contributed by atoms with Crippen LogP contribution in [0.3, 0.4) is 0 Å². The SMILES string of the molecule is O=S(=O)(c1ccc2[nH]cc(/C=N\NC(=S)Nc3cccc(Cl)c3)c2c1)N1CCCCC1. The minimum atomic E-state index is -3.50. The average Bonchev–Trinajstić information content (AvgIpc) is 3.17. The normalized spacial score (nSPS) is 15.4. The van der Waals surface area contributed by atoms with E-state index in [-0.39, 0.29) is 0 Å². The highest BCUT2D eigenvalue weighted by Gasteiger charge is 2.26. The quantitative estimate of drug-likeness (QED) is 0.290. The number of nitrogens with one attached hydrogen (secondary N) is 3. The fourth-order valence-corrected chi connectivity index (χ4v) is 5.43. The third-order valence-electron chi connectivity index (χ3n) is 5.09. The number of aromatic amines is 1. The molecule has 0 saturated carbocycles. The molecule has 1 aromatic heterocycles. The summed E-state index contributed by atoms with van der Waals surface area (Å²) in [6.45, 7) is 1.14. The summed E-state index contributed by atoms with van der Waals surface area (Å²) in [5.74, 6) is 0. The molecule has 2 aromatic carbocycles. The van der Waals surface area contributed by atoms with Gasteiger partial charge in [0.25, 0.3) is 0 Å². The van der Waals surface area contributed by atoms with E-state index >= 15 is 0 Å². The van der Waals surface area contributed by atoms with E-state index in [2.05, 4.69) is 20.8 Å². The van der Waals surface area contributed by atoms with Crippen molar-refractivity contribution in [3.05, 3.63) is 59.2 Å². The van der Waals surface area contributed by atoms with E-state index in [1.54, 1.807) is 47.0 Å². The molecule has 0 atom stereocenters. The molecule has 2 heterocycles. The molecule has 162 valence electrons. The molecule has 3 N–H and O–H groups in total. The number of fused-ring (bicyclic) bond motifs is 1. The predicted octanol–water partition coefficient (Wildman–Crippen LogP) is 4.32. The first-order chi connectivity index (χ1) is 14.9. The highest BCUT2D eigenvalue weighted by molar-refractivity contribution is 7.89. The molecule has 10 heteroatoms. The number of anilines is 1. The third kappa shape index (κ3) is 5.07. The number of aromatic nitrogens is 1. The van der Waals surface area contributed by atoms with Crippen LogP contribution < -0.4 is 10.7 Å². The maximum Gasteiger partial charge on any atom is 0.243 e. The van der Waals surface area contributed by atoms with E-state index in [4.69, 9.17) is 23.8 Å². The minimum absolute atomic E-state index is 0.294. The van der Waals surface area contributed by atoms with Crippen molar-refractivity contribution in [1.29, 1.82) is 0 Å². The van der Waals surface area contributed by atoms with E-state index in [9.17, 15) is 8.42 Å². The molecule has 3 aromatic rings. The lowest BCUT2D eigenvalue weighted by atomic mass is 10.2. The Hall–Kier alpha value is -2.46. The Labute approximate surface area is 191 Å². The minimum Gasteiger partial charge on any atom is -0.361 e. The molecule has 1 saturated heterocycles. The van der Waals surface area contributed by atoms with Crippen LogP contribution in [0.5, 0.6) is 0 Å². The zero-order valence-corrected chi connectivity index (χ0v) is 19.0. The molecule has 0 bridgehead atoms. The number of thiocarbonyl (C=S) groups is 1. The van der Waals surface area contributed by atoms with Gasteiger partial charge >= 0.3 is 0 Å². The van der Waals surface area contributed by atoms with Gasteiger partial charge in [0.05, 0.1) is 11.1 Å². The third-order valence-corrected chi connectivity index (χ3v) is 7.41. The van der Waals surface area contributed by atoms with Crippen molar-refractivity contribution >= 4 is 61.8 Å². The second-order valence-electron chi connectivity index (χ2n) is 7.25. The Kier molecular flexibility index (Phi) is 6.57. The number of hydrazone groups is 1. The molecule has 1 aliphatic rings.